The molecule has 2 aromatic heterocycles. The van der Waals surface area contributed by atoms with Gasteiger partial charge in [-0.25, -0.2) is 18.2 Å². The van der Waals surface area contributed by atoms with E-state index in [-0.39, 0.29) is 22.4 Å². The summed E-state index contributed by atoms with van der Waals surface area (Å²) in [7, 11) is -3.55. The number of sulfonamides is 1. The van der Waals surface area contributed by atoms with E-state index in [0.717, 1.165) is 24.2 Å². The van der Waals surface area contributed by atoms with Crippen molar-refractivity contribution < 1.29 is 13.2 Å². The van der Waals surface area contributed by atoms with Crippen LogP contribution in [0.1, 0.15) is 12.8 Å². The predicted molar refractivity (Wildman–Crippen MR) is 82.3 cm³/mol. The van der Waals surface area contributed by atoms with E-state index in [1.54, 1.807) is 17.5 Å². The maximum Gasteiger partial charge on any atom is 0.264 e. The van der Waals surface area contributed by atoms with Crippen molar-refractivity contribution in [1.29, 1.82) is 0 Å². The van der Waals surface area contributed by atoms with Crippen LogP contribution in [0, 0.1) is 0 Å². The van der Waals surface area contributed by atoms with Gasteiger partial charge in [-0.05, 0) is 25.0 Å². The number of H-pyrrole nitrogens is 1. The van der Waals surface area contributed by atoms with Crippen molar-refractivity contribution in [3.8, 4) is 11.3 Å². The summed E-state index contributed by atoms with van der Waals surface area (Å²) in [6.07, 6.45) is 1.79. The molecule has 7 nitrogen and oxygen atoms in total. The number of aromatic amines is 1. The lowest BCUT2D eigenvalue weighted by Crippen LogP contribution is -2.31. The van der Waals surface area contributed by atoms with Gasteiger partial charge in [0.25, 0.3) is 5.56 Å². The highest BCUT2D eigenvalue weighted by Crippen LogP contribution is 2.26. The highest BCUT2D eigenvalue weighted by atomic mass is 32.2. The monoisotopic (exact) mass is 341 g/mol. The lowest BCUT2D eigenvalue weighted by atomic mass is 10.2. The van der Waals surface area contributed by atoms with E-state index in [1.165, 1.54) is 6.07 Å². The summed E-state index contributed by atoms with van der Waals surface area (Å²) in [6.45, 7) is 0.972. The Kier molecular flexibility index (Phi) is 4.39. The molecule has 0 aromatic carbocycles. The van der Waals surface area contributed by atoms with Gasteiger partial charge in [-0.1, -0.05) is 0 Å². The molecular formula is C13H15N3O4S2. The first-order valence-corrected chi connectivity index (χ1v) is 9.17. The lowest BCUT2D eigenvalue weighted by molar-refractivity contribution is 0.114. The number of hydrogen-bond donors (Lipinski definition) is 2. The molecule has 1 fully saturated rings. The molecule has 118 valence electrons. The molecule has 0 bridgehead atoms. The molecule has 2 N–H and O–H groups in total. The van der Waals surface area contributed by atoms with Gasteiger partial charge in [-0.3, -0.25) is 4.79 Å². The molecule has 0 amide bonds. The Morgan fingerprint density at radius 2 is 2.32 bits per heavy atom. The Balaban J connectivity index is 1.74. The van der Waals surface area contributed by atoms with Gasteiger partial charge < -0.3 is 4.74 Å². The minimum absolute atomic E-state index is 0.0462. The molecule has 0 radical (unpaired) electrons. The highest BCUT2D eigenvalue weighted by Gasteiger charge is 2.21. The number of thiophene rings is 1. The van der Waals surface area contributed by atoms with Crippen molar-refractivity contribution in [2.45, 2.75) is 23.2 Å². The van der Waals surface area contributed by atoms with Crippen LogP contribution in [-0.4, -0.2) is 37.9 Å². The number of aromatic nitrogens is 2. The molecule has 0 spiro atoms. The SMILES string of the molecule is O=c1ccc(-c2csc(S(=O)(=O)NCC3CCCO3)c2)n[nH]1. The summed E-state index contributed by atoms with van der Waals surface area (Å²) >= 11 is 1.11. The number of nitrogens with one attached hydrogen (secondary N) is 2. The van der Waals surface area contributed by atoms with Gasteiger partial charge in [0.05, 0.1) is 11.8 Å². The minimum atomic E-state index is -3.55. The summed E-state index contributed by atoms with van der Waals surface area (Å²) in [4.78, 5) is 11.0. The van der Waals surface area contributed by atoms with E-state index in [0.29, 0.717) is 17.9 Å². The van der Waals surface area contributed by atoms with Gasteiger partial charge in [-0.2, -0.15) is 5.10 Å². The topological polar surface area (TPSA) is 101 Å². The van der Waals surface area contributed by atoms with Gasteiger partial charge in [-0.15, -0.1) is 11.3 Å². The van der Waals surface area contributed by atoms with Crippen molar-refractivity contribution in [3.63, 3.8) is 0 Å². The standard InChI is InChI=1S/C13H15N3O4S2/c17-12-4-3-11(15-16-12)9-6-13(21-8-9)22(18,19)14-7-10-2-1-5-20-10/h3-4,6,8,10,14H,1-2,5,7H2,(H,16,17). The minimum Gasteiger partial charge on any atom is -0.377 e. The molecule has 22 heavy (non-hydrogen) atoms. The molecule has 3 rings (SSSR count). The molecule has 2 aromatic rings. The van der Waals surface area contributed by atoms with Crippen molar-refractivity contribution in [2.75, 3.05) is 13.2 Å². The van der Waals surface area contributed by atoms with Crippen LogP contribution in [0.15, 0.2) is 32.6 Å². The molecule has 0 aliphatic carbocycles. The first kappa shape index (κ1) is 15.3. The summed E-state index contributed by atoms with van der Waals surface area (Å²) in [5, 5.41) is 7.91. The zero-order chi connectivity index (χ0) is 15.6. The van der Waals surface area contributed by atoms with Crippen LogP contribution in [0.4, 0.5) is 0 Å². The third-order valence-corrected chi connectivity index (χ3v) is 6.20. The first-order chi connectivity index (χ1) is 10.5. The molecule has 3 heterocycles. The second-order valence-corrected chi connectivity index (χ2v) is 7.85. The van der Waals surface area contributed by atoms with E-state index >= 15 is 0 Å². The fraction of sp³-hybridized carbons (Fsp3) is 0.385. The Morgan fingerprint density at radius 3 is 3.00 bits per heavy atom. The second-order valence-electron chi connectivity index (χ2n) is 4.95. The van der Waals surface area contributed by atoms with Crippen LogP contribution in [0.2, 0.25) is 0 Å². The van der Waals surface area contributed by atoms with Gasteiger partial charge in [0.2, 0.25) is 10.0 Å². The van der Waals surface area contributed by atoms with Crippen LogP contribution in [0.25, 0.3) is 11.3 Å². The van der Waals surface area contributed by atoms with Crippen molar-refractivity contribution in [3.05, 3.63) is 33.9 Å². The summed E-state index contributed by atoms with van der Waals surface area (Å²) < 4.78 is 32.7. The number of ether oxygens (including phenoxy) is 1. The molecule has 1 unspecified atom stereocenters. The number of rotatable bonds is 5. The van der Waals surface area contributed by atoms with E-state index < -0.39 is 10.0 Å². The van der Waals surface area contributed by atoms with Gasteiger partial charge in [0.1, 0.15) is 4.21 Å². The zero-order valence-electron chi connectivity index (χ0n) is 11.6. The van der Waals surface area contributed by atoms with Crippen LogP contribution < -0.4 is 10.3 Å². The van der Waals surface area contributed by atoms with Crippen molar-refractivity contribution in [1.82, 2.24) is 14.9 Å². The van der Waals surface area contributed by atoms with Crippen LogP contribution in [-0.2, 0) is 14.8 Å². The summed E-state index contributed by atoms with van der Waals surface area (Å²) in [6, 6.07) is 4.45. The van der Waals surface area contributed by atoms with Crippen LogP contribution in [0.3, 0.4) is 0 Å². The maximum absolute atomic E-state index is 12.3. The van der Waals surface area contributed by atoms with Crippen molar-refractivity contribution >= 4 is 21.4 Å². The smallest absolute Gasteiger partial charge is 0.264 e. The molecule has 1 aliphatic rings. The molecule has 1 aliphatic heterocycles. The lowest BCUT2D eigenvalue weighted by Gasteiger charge is -2.10. The normalized spacial score (nSPS) is 18.6. The third-order valence-electron chi connectivity index (χ3n) is 3.34. The predicted octanol–water partition coefficient (Wildman–Crippen LogP) is 0.956. The summed E-state index contributed by atoms with van der Waals surface area (Å²) in [5.74, 6) is 0. The van der Waals surface area contributed by atoms with E-state index in [4.69, 9.17) is 4.74 Å². The van der Waals surface area contributed by atoms with Crippen LogP contribution >= 0.6 is 11.3 Å². The molecule has 1 atom stereocenters. The first-order valence-electron chi connectivity index (χ1n) is 6.80. The fourth-order valence-electron chi connectivity index (χ4n) is 2.18. The Bertz CT molecular complexity index is 786. The Hall–Kier alpha value is -1.55. The quantitative estimate of drug-likeness (QED) is 0.843. The number of hydrogen-bond acceptors (Lipinski definition) is 6. The maximum atomic E-state index is 12.3. The van der Waals surface area contributed by atoms with Crippen LogP contribution in [0.5, 0.6) is 0 Å². The van der Waals surface area contributed by atoms with Gasteiger partial charge in [0.15, 0.2) is 0 Å². The van der Waals surface area contributed by atoms with Gasteiger partial charge >= 0.3 is 0 Å². The molecular weight excluding hydrogens is 326 g/mol. The van der Waals surface area contributed by atoms with E-state index in [2.05, 4.69) is 14.9 Å². The van der Waals surface area contributed by atoms with E-state index in [9.17, 15) is 13.2 Å². The fourth-order valence-corrected chi connectivity index (χ4v) is 4.46. The average Bonchev–Trinajstić information content (AvgIpc) is 3.18. The summed E-state index contributed by atoms with van der Waals surface area (Å²) in [5.41, 5.74) is 0.875. The molecule has 9 heteroatoms. The Labute approximate surface area is 131 Å². The average molecular weight is 341 g/mol. The number of nitrogens with zero attached hydrogens (tertiary/aromatic N) is 1. The van der Waals surface area contributed by atoms with Gasteiger partial charge in [0, 0.05) is 30.2 Å². The second kappa shape index (κ2) is 6.29. The largest absolute Gasteiger partial charge is 0.377 e. The zero-order valence-corrected chi connectivity index (χ0v) is 13.2. The molecule has 1 saturated heterocycles. The highest BCUT2D eigenvalue weighted by molar-refractivity contribution is 7.91. The van der Waals surface area contributed by atoms with E-state index in [1.807, 2.05) is 0 Å². The third kappa shape index (κ3) is 3.43. The Morgan fingerprint density at radius 1 is 1.45 bits per heavy atom. The molecule has 0 saturated carbocycles. The van der Waals surface area contributed by atoms with Crippen molar-refractivity contribution in [2.24, 2.45) is 0 Å².